The van der Waals surface area contributed by atoms with Gasteiger partial charge in [-0.3, -0.25) is 9.48 Å². The summed E-state index contributed by atoms with van der Waals surface area (Å²) in [5.41, 5.74) is 1.66. The summed E-state index contributed by atoms with van der Waals surface area (Å²) in [7, 11) is 1.79. The van der Waals surface area contributed by atoms with E-state index in [0.717, 1.165) is 44.3 Å². The first-order valence-electron chi connectivity index (χ1n) is 8.15. The number of amides is 1. The van der Waals surface area contributed by atoms with Crippen LogP contribution in [-0.2, 0) is 13.5 Å². The second-order valence-electron chi connectivity index (χ2n) is 6.27. The maximum absolute atomic E-state index is 13.2. The maximum Gasteiger partial charge on any atom is 0.272 e. The van der Waals surface area contributed by atoms with E-state index >= 15 is 0 Å². The molecule has 0 aliphatic carbocycles. The van der Waals surface area contributed by atoms with Crippen molar-refractivity contribution in [3.8, 4) is 0 Å². The van der Waals surface area contributed by atoms with Gasteiger partial charge in [-0.05, 0) is 55.4 Å². The molecule has 3 rings (SSSR count). The van der Waals surface area contributed by atoms with Crippen molar-refractivity contribution in [3.05, 3.63) is 53.6 Å². The fourth-order valence-electron chi connectivity index (χ4n) is 3.29. The van der Waals surface area contributed by atoms with Crippen LogP contribution in [0.2, 0.25) is 0 Å². The van der Waals surface area contributed by atoms with Gasteiger partial charge >= 0.3 is 0 Å². The van der Waals surface area contributed by atoms with Gasteiger partial charge in [0, 0.05) is 26.3 Å². The summed E-state index contributed by atoms with van der Waals surface area (Å²) in [5, 5.41) is 4.07. The van der Waals surface area contributed by atoms with Crippen molar-refractivity contribution in [1.82, 2.24) is 14.7 Å². The quantitative estimate of drug-likeness (QED) is 0.870. The molecule has 0 unspecified atom stereocenters. The van der Waals surface area contributed by atoms with Crippen LogP contribution in [-0.4, -0.2) is 33.7 Å². The molecule has 0 spiro atoms. The lowest BCUT2D eigenvalue weighted by Crippen LogP contribution is -2.40. The monoisotopic (exact) mass is 315 g/mol. The predicted molar refractivity (Wildman–Crippen MR) is 86.6 cm³/mol. The van der Waals surface area contributed by atoms with Crippen LogP contribution >= 0.6 is 0 Å². The number of benzene rings is 1. The minimum absolute atomic E-state index is 0.0560. The molecule has 1 atom stereocenters. The SMILES string of the molecule is Cn1nccc1C(=O)N1CCC[C@@H](CCc2cccc(F)c2)C1. The summed E-state index contributed by atoms with van der Waals surface area (Å²) in [5.74, 6) is 0.351. The molecule has 23 heavy (non-hydrogen) atoms. The van der Waals surface area contributed by atoms with E-state index in [4.69, 9.17) is 0 Å². The van der Waals surface area contributed by atoms with Crippen molar-refractivity contribution in [2.75, 3.05) is 13.1 Å². The van der Waals surface area contributed by atoms with E-state index < -0.39 is 0 Å². The van der Waals surface area contributed by atoms with Crippen LogP contribution in [0.4, 0.5) is 4.39 Å². The van der Waals surface area contributed by atoms with E-state index in [1.54, 1.807) is 36.1 Å². The second-order valence-corrected chi connectivity index (χ2v) is 6.27. The Bertz CT molecular complexity index is 682. The van der Waals surface area contributed by atoms with E-state index in [0.29, 0.717) is 11.6 Å². The number of carbonyl (C=O) groups is 1. The first kappa shape index (κ1) is 15.7. The number of aromatic nitrogens is 2. The van der Waals surface area contributed by atoms with E-state index in [-0.39, 0.29) is 11.7 Å². The summed E-state index contributed by atoms with van der Waals surface area (Å²) in [6.45, 7) is 1.58. The number of rotatable bonds is 4. The molecule has 4 nitrogen and oxygen atoms in total. The van der Waals surface area contributed by atoms with Crippen LogP contribution in [0.5, 0.6) is 0 Å². The molecule has 0 saturated carbocycles. The third-order valence-electron chi connectivity index (χ3n) is 4.58. The first-order chi connectivity index (χ1) is 11.1. The number of carbonyl (C=O) groups excluding carboxylic acids is 1. The van der Waals surface area contributed by atoms with Crippen LogP contribution in [0, 0.1) is 11.7 Å². The molecule has 1 aliphatic heterocycles. The number of aryl methyl sites for hydroxylation is 2. The lowest BCUT2D eigenvalue weighted by atomic mass is 9.91. The lowest BCUT2D eigenvalue weighted by molar-refractivity contribution is 0.0657. The van der Waals surface area contributed by atoms with Crippen molar-refractivity contribution >= 4 is 5.91 Å². The average molecular weight is 315 g/mol. The van der Waals surface area contributed by atoms with Gasteiger partial charge in [-0.15, -0.1) is 0 Å². The number of nitrogens with zero attached hydrogens (tertiary/aromatic N) is 3. The summed E-state index contributed by atoms with van der Waals surface area (Å²) in [6.07, 6.45) is 5.65. The summed E-state index contributed by atoms with van der Waals surface area (Å²) < 4.78 is 14.9. The minimum Gasteiger partial charge on any atom is -0.337 e. The zero-order chi connectivity index (χ0) is 16.2. The third-order valence-corrected chi connectivity index (χ3v) is 4.58. The van der Waals surface area contributed by atoms with Gasteiger partial charge in [-0.1, -0.05) is 12.1 Å². The summed E-state index contributed by atoms with van der Waals surface area (Å²) in [6, 6.07) is 8.55. The van der Waals surface area contributed by atoms with E-state index in [2.05, 4.69) is 5.10 Å². The Hall–Kier alpha value is -2.17. The zero-order valence-electron chi connectivity index (χ0n) is 13.4. The van der Waals surface area contributed by atoms with Gasteiger partial charge < -0.3 is 4.90 Å². The largest absolute Gasteiger partial charge is 0.337 e. The molecule has 2 heterocycles. The van der Waals surface area contributed by atoms with Crippen molar-refractivity contribution in [2.24, 2.45) is 13.0 Å². The van der Waals surface area contributed by atoms with Crippen LogP contribution in [0.25, 0.3) is 0 Å². The Morgan fingerprint density at radius 1 is 1.39 bits per heavy atom. The molecular weight excluding hydrogens is 293 g/mol. The number of hydrogen-bond donors (Lipinski definition) is 0. The average Bonchev–Trinajstić information content (AvgIpc) is 2.99. The van der Waals surface area contributed by atoms with Crippen molar-refractivity contribution < 1.29 is 9.18 Å². The highest BCUT2D eigenvalue weighted by Crippen LogP contribution is 2.23. The molecule has 1 aromatic heterocycles. The van der Waals surface area contributed by atoms with Crippen molar-refractivity contribution in [2.45, 2.75) is 25.7 Å². The molecule has 0 N–H and O–H groups in total. The number of hydrogen-bond acceptors (Lipinski definition) is 2. The summed E-state index contributed by atoms with van der Waals surface area (Å²) in [4.78, 5) is 14.5. The molecule has 0 radical (unpaired) electrons. The standard InChI is InChI=1S/C18H22FN3O/c1-21-17(9-10-20-21)18(23)22-11-3-5-15(13-22)8-7-14-4-2-6-16(19)12-14/h2,4,6,9-10,12,15H,3,5,7-8,11,13H2,1H3/t15-/m0/s1. The van der Waals surface area contributed by atoms with Crippen LogP contribution in [0.1, 0.15) is 35.3 Å². The lowest BCUT2D eigenvalue weighted by Gasteiger charge is -2.32. The number of likely N-dealkylation sites (tertiary alicyclic amines) is 1. The number of piperidine rings is 1. The Morgan fingerprint density at radius 3 is 3.00 bits per heavy atom. The Balaban J connectivity index is 1.58. The Labute approximate surface area is 135 Å². The Morgan fingerprint density at radius 2 is 2.26 bits per heavy atom. The van der Waals surface area contributed by atoms with Gasteiger partial charge in [0.15, 0.2) is 0 Å². The topological polar surface area (TPSA) is 38.1 Å². The Kier molecular flexibility index (Phi) is 4.74. The maximum atomic E-state index is 13.2. The van der Waals surface area contributed by atoms with Gasteiger partial charge in [0.2, 0.25) is 0 Å². The van der Waals surface area contributed by atoms with Crippen molar-refractivity contribution in [3.63, 3.8) is 0 Å². The molecule has 122 valence electrons. The molecule has 1 aromatic carbocycles. The highest BCUT2D eigenvalue weighted by atomic mass is 19.1. The smallest absolute Gasteiger partial charge is 0.272 e. The highest BCUT2D eigenvalue weighted by Gasteiger charge is 2.25. The molecule has 1 fully saturated rings. The van der Waals surface area contributed by atoms with E-state index in [9.17, 15) is 9.18 Å². The van der Waals surface area contributed by atoms with Gasteiger partial charge in [0.25, 0.3) is 5.91 Å². The molecule has 2 aromatic rings. The van der Waals surface area contributed by atoms with Gasteiger partial charge in [0.05, 0.1) is 0 Å². The minimum atomic E-state index is -0.181. The third kappa shape index (κ3) is 3.78. The molecule has 0 bridgehead atoms. The fraction of sp³-hybridized carbons (Fsp3) is 0.444. The van der Waals surface area contributed by atoms with Crippen LogP contribution < -0.4 is 0 Å². The van der Waals surface area contributed by atoms with Gasteiger partial charge in [-0.25, -0.2) is 4.39 Å². The number of halogens is 1. The molecule has 5 heteroatoms. The molecule has 1 aliphatic rings. The van der Waals surface area contributed by atoms with Gasteiger partial charge in [-0.2, -0.15) is 5.10 Å². The van der Waals surface area contributed by atoms with Crippen molar-refractivity contribution in [1.29, 1.82) is 0 Å². The second kappa shape index (κ2) is 6.94. The highest BCUT2D eigenvalue weighted by molar-refractivity contribution is 5.92. The van der Waals surface area contributed by atoms with Gasteiger partial charge in [0.1, 0.15) is 11.5 Å². The molecule has 1 saturated heterocycles. The normalized spacial score (nSPS) is 18.2. The molecule has 1 amide bonds. The predicted octanol–water partition coefficient (Wildman–Crippen LogP) is 3.04. The fourth-order valence-corrected chi connectivity index (χ4v) is 3.29. The molecular formula is C18H22FN3O. The van der Waals surface area contributed by atoms with Crippen LogP contribution in [0.3, 0.4) is 0 Å². The summed E-state index contributed by atoms with van der Waals surface area (Å²) >= 11 is 0. The zero-order valence-corrected chi connectivity index (χ0v) is 13.4. The van der Waals surface area contributed by atoms with E-state index in [1.165, 1.54) is 6.07 Å². The van der Waals surface area contributed by atoms with Crippen LogP contribution in [0.15, 0.2) is 36.5 Å². The first-order valence-corrected chi connectivity index (χ1v) is 8.15. The van der Waals surface area contributed by atoms with E-state index in [1.807, 2.05) is 11.0 Å².